The summed E-state index contributed by atoms with van der Waals surface area (Å²) < 4.78 is 53.2. The van der Waals surface area contributed by atoms with Gasteiger partial charge >= 0.3 is 5.97 Å². The number of ether oxygens (including phenoxy) is 8. The van der Waals surface area contributed by atoms with Gasteiger partial charge in [-0.3, -0.25) is 9.59 Å². The molecule has 20 heteroatoms. The number of hydrogen-bond acceptors (Lipinski definition) is 20. The van der Waals surface area contributed by atoms with Crippen molar-refractivity contribution in [3.8, 4) is 0 Å². The molecule has 9 rings (SSSR count). The zero-order chi connectivity index (χ0) is 47.8. The molecule has 1 spiro atoms. The van der Waals surface area contributed by atoms with Crippen LogP contribution in [-0.2, 0) is 47.5 Å². The van der Waals surface area contributed by atoms with Crippen LogP contribution in [0.3, 0.4) is 0 Å². The number of hydrogen-bond donors (Lipinski definition) is 9. The minimum atomic E-state index is -1.86. The minimum absolute atomic E-state index is 0.0867. The number of rotatable bonds is 10. The van der Waals surface area contributed by atoms with Crippen molar-refractivity contribution in [1.29, 1.82) is 0 Å². The van der Waals surface area contributed by atoms with Crippen molar-refractivity contribution in [1.82, 2.24) is 0 Å². The van der Waals surface area contributed by atoms with Crippen molar-refractivity contribution in [3.63, 3.8) is 0 Å². The highest BCUT2D eigenvalue weighted by atomic mass is 16.8. The molecule has 0 bridgehead atoms. The second kappa shape index (κ2) is 16.7. The van der Waals surface area contributed by atoms with E-state index in [2.05, 4.69) is 6.92 Å². The number of aliphatic hydroxyl groups is 9. The number of carbonyl (C=O) groups excluding carboxylic acids is 2. The van der Waals surface area contributed by atoms with Gasteiger partial charge in [-0.2, -0.15) is 0 Å². The molecule has 1 aromatic heterocycles. The standard InChI is InChI=1S/C46H64O20/c1-18-27(49)29(51)32(54)40(60-18)65-35-22(15-47)62-39(34(56)31(35)53)59-17-23-28(50)30(52)33(55)41(63-23)64-25-9-11-43(5)24-8-12-44(6)21(20-10-13-58-16-20)14-26-46(44,66-26)45(24,7)38(57)36(61-19(2)48)37(43)42(25,3)4/h9-11,13,16,18,21-35,39-41,47,49-56H,8,12,14-15,17H2,1-7H3/t18-,21-,22+,23-,24?,25?,26+,27-,28+,29+,30-,31+,32+,33+,34-,35+,39-,40-,41+,43+,44-,45-,46+/m0/s1. The number of Topliss-reactive ketones (excluding diaryl/α,β-unsaturated/α-hetero) is 1. The Labute approximate surface area is 381 Å². The van der Waals surface area contributed by atoms with Crippen LogP contribution < -0.4 is 0 Å². The molecule has 23 atom stereocenters. The first-order chi connectivity index (χ1) is 31.0. The maximum absolute atomic E-state index is 15.4. The number of fused-ring (bicyclic) bond motifs is 3. The monoisotopic (exact) mass is 936 g/mol. The lowest BCUT2D eigenvalue weighted by Gasteiger charge is -2.63. The third kappa shape index (κ3) is 6.85. The molecule has 4 saturated heterocycles. The Morgan fingerprint density at radius 2 is 1.47 bits per heavy atom. The first-order valence-electron chi connectivity index (χ1n) is 22.8. The Bertz CT molecular complexity index is 2070. The van der Waals surface area contributed by atoms with E-state index in [0.717, 1.165) is 12.0 Å². The van der Waals surface area contributed by atoms with E-state index in [1.54, 1.807) is 12.5 Å². The molecule has 0 amide bonds. The topological polar surface area (TPSA) is 306 Å². The van der Waals surface area contributed by atoms with Crippen molar-refractivity contribution in [2.24, 2.45) is 27.6 Å². The summed E-state index contributed by atoms with van der Waals surface area (Å²) in [6, 6.07) is 1.97. The first-order valence-corrected chi connectivity index (χ1v) is 22.8. The smallest absolute Gasteiger partial charge is 0.308 e. The number of ketones is 1. The van der Waals surface area contributed by atoms with Crippen LogP contribution in [0.15, 0.2) is 46.5 Å². The van der Waals surface area contributed by atoms with Gasteiger partial charge in [-0.15, -0.1) is 0 Å². The van der Waals surface area contributed by atoms with Crippen LogP contribution >= 0.6 is 0 Å². The highest BCUT2D eigenvalue weighted by Crippen LogP contribution is 2.81. The average Bonchev–Trinajstić information content (AvgIpc) is 3.62. The van der Waals surface area contributed by atoms with Crippen molar-refractivity contribution in [2.75, 3.05) is 13.2 Å². The van der Waals surface area contributed by atoms with Crippen molar-refractivity contribution in [3.05, 3.63) is 47.6 Å². The van der Waals surface area contributed by atoms with Gasteiger partial charge in [0.1, 0.15) is 72.7 Å². The summed E-state index contributed by atoms with van der Waals surface area (Å²) in [4.78, 5) is 28.3. The lowest BCUT2D eigenvalue weighted by atomic mass is 9.39. The van der Waals surface area contributed by atoms with Gasteiger partial charge in [-0.25, -0.2) is 0 Å². The van der Waals surface area contributed by atoms with E-state index in [0.29, 0.717) is 18.4 Å². The van der Waals surface area contributed by atoms with Crippen LogP contribution in [0.4, 0.5) is 0 Å². The lowest BCUT2D eigenvalue weighted by molar-refractivity contribution is -0.363. The number of allylic oxidation sites excluding steroid dienone is 2. The molecule has 2 unspecified atom stereocenters. The van der Waals surface area contributed by atoms with Crippen molar-refractivity contribution in [2.45, 2.75) is 184 Å². The number of esters is 1. The molecule has 66 heavy (non-hydrogen) atoms. The largest absolute Gasteiger partial charge is 0.472 e. The van der Waals surface area contributed by atoms with Crippen LogP contribution in [-0.4, -0.2) is 181 Å². The molecule has 1 aromatic rings. The summed E-state index contributed by atoms with van der Waals surface area (Å²) in [5.74, 6) is -1.32. The SMILES string of the molecule is CC(=O)OC1=C2C(C)(C)C(O[C@H]3O[C@@H](CO[C@H]4O[C@H](CO)[C@@H](O[C@@H]5O[C@@H](C)[C@H](O)[C@@H](O)[C@H]5O)[C@H](O)[C@@H]4O)[C@@H](O)[C@H](O)[C@H]3O)C=C[C@]2(C)C2CC[C@@]3(C)[C@H](c4ccoc4)C[C@H]4O[C@]43[C@]2(C)C1=O. The van der Waals surface area contributed by atoms with E-state index in [-0.39, 0.29) is 29.5 Å². The van der Waals surface area contributed by atoms with Gasteiger partial charge in [0.25, 0.3) is 0 Å². The maximum atomic E-state index is 15.4. The molecule has 4 aliphatic heterocycles. The predicted molar refractivity (Wildman–Crippen MR) is 220 cm³/mol. The molecule has 5 heterocycles. The fraction of sp³-hybridized carbons (Fsp3) is 0.783. The number of carbonyl (C=O) groups is 2. The van der Waals surface area contributed by atoms with Gasteiger partial charge in [0.2, 0.25) is 5.78 Å². The molecule has 6 fully saturated rings. The summed E-state index contributed by atoms with van der Waals surface area (Å²) in [6.45, 7) is 11.1. The van der Waals surface area contributed by atoms with Crippen LogP contribution in [0.5, 0.6) is 0 Å². The summed E-state index contributed by atoms with van der Waals surface area (Å²) in [5, 5.41) is 96.4. The molecular weight excluding hydrogens is 872 g/mol. The van der Waals surface area contributed by atoms with Gasteiger partial charge in [-0.1, -0.05) is 39.8 Å². The number of epoxide rings is 1. The van der Waals surface area contributed by atoms with E-state index >= 15 is 4.79 Å². The second-order valence-electron chi connectivity index (χ2n) is 20.8. The summed E-state index contributed by atoms with van der Waals surface area (Å²) in [5.41, 5.74) is -2.78. The molecule has 9 N–H and O–H groups in total. The van der Waals surface area contributed by atoms with E-state index < -0.39 is 145 Å². The van der Waals surface area contributed by atoms with Crippen LogP contribution in [0, 0.1) is 27.6 Å². The predicted octanol–water partition coefficient (Wildman–Crippen LogP) is -0.810. The maximum Gasteiger partial charge on any atom is 0.308 e. The van der Waals surface area contributed by atoms with Gasteiger partial charge in [-0.05, 0) is 62.1 Å². The number of furan rings is 1. The quantitative estimate of drug-likeness (QED) is 0.0787. The van der Waals surface area contributed by atoms with E-state index in [1.807, 2.05) is 45.9 Å². The zero-order valence-corrected chi connectivity index (χ0v) is 37.9. The summed E-state index contributed by atoms with van der Waals surface area (Å²) in [7, 11) is 0. The van der Waals surface area contributed by atoms with E-state index in [9.17, 15) is 50.8 Å². The van der Waals surface area contributed by atoms with Crippen molar-refractivity contribution < 1.29 is 97.9 Å². The third-order valence-electron chi connectivity index (χ3n) is 16.8. The molecular formula is C46H64O20. The highest BCUT2D eigenvalue weighted by Gasteiger charge is 2.87. The van der Waals surface area contributed by atoms with Gasteiger partial charge in [0, 0.05) is 23.2 Å². The zero-order valence-electron chi connectivity index (χ0n) is 37.9. The molecule has 8 aliphatic rings. The minimum Gasteiger partial charge on any atom is -0.472 e. The lowest BCUT2D eigenvalue weighted by Crippen LogP contribution is -2.67. The molecule has 368 valence electrons. The molecule has 2 saturated carbocycles. The molecule has 0 radical (unpaired) electrons. The number of aliphatic hydroxyl groups excluding tert-OH is 9. The van der Waals surface area contributed by atoms with Crippen LogP contribution in [0.1, 0.15) is 79.2 Å². The summed E-state index contributed by atoms with van der Waals surface area (Å²) in [6.07, 6.45) is -16.0. The average molecular weight is 937 g/mol. The second-order valence-corrected chi connectivity index (χ2v) is 20.8. The van der Waals surface area contributed by atoms with Crippen LogP contribution in [0.25, 0.3) is 0 Å². The Balaban J connectivity index is 0.932. The normalized spacial score (nSPS) is 51.7. The van der Waals surface area contributed by atoms with E-state index in [4.69, 9.17) is 42.3 Å². The Hall–Kier alpha value is -2.74. The van der Waals surface area contributed by atoms with E-state index in [1.165, 1.54) is 13.8 Å². The fourth-order valence-electron chi connectivity index (χ4n) is 13.5. The van der Waals surface area contributed by atoms with Gasteiger partial charge < -0.3 is 88.3 Å². The Morgan fingerprint density at radius 1 is 0.818 bits per heavy atom. The molecule has 20 nitrogen and oxygen atoms in total. The van der Waals surface area contributed by atoms with Gasteiger partial charge in [0.05, 0.1) is 49.5 Å². The van der Waals surface area contributed by atoms with Crippen molar-refractivity contribution >= 4 is 11.8 Å². The molecule has 4 aliphatic carbocycles. The third-order valence-corrected chi connectivity index (χ3v) is 16.8. The summed E-state index contributed by atoms with van der Waals surface area (Å²) >= 11 is 0. The fourth-order valence-corrected chi connectivity index (χ4v) is 13.5. The molecule has 0 aromatic carbocycles. The Kier molecular flexibility index (Phi) is 12.2. The first kappa shape index (κ1) is 48.3. The van der Waals surface area contributed by atoms with Gasteiger partial charge in [0.15, 0.2) is 24.6 Å². The highest BCUT2D eigenvalue weighted by molar-refractivity contribution is 6.04. The Morgan fingerprint density at radius 3 is 2.12 bits per heavy atom. The van der Waals surface area contributed by atoms with Crippen LogP contribution in [0.2, 0.25) is 0 Å².